The summed E-state index contributed by atoms with van der Waals surface area (Å²) in [5.41, 5.74) is 0.895. The van der Waals surface area contributed by atoms with Crippen LogP contribution in [0.4, 0.5) is 14.5 Å². The molecule has 0 atom stereocenters. The average Bonchev–Trinajstić information content (AvgIpc) is 2.93. The molecule has 0 saturated heterocycles. The molecule has 122 valence electrons. The molecule has 0 radical (unpaired) electrons. The number of carbonyl (C=O) groups is 1. The van der Waals surface area contributed by atoms with Crippen molar-refractivity contribution in [1.82, 2.24) is 5.16 Å². The number of amides is 1. The van der Waals surface area contributed by atoms with Gasteiger partial charge in [-0.25, -0.2) is 8.78 Å². The Morgan fingerprint density at radius 2 is 2.00 bits per heavy atom. The zero-order valence-corrected chi connectivity index (χ0v) is 14.0. The first kappa shape index (κ1) is 16.3. The maximum Gasteiger partial charge on any atom is 0.261 e. The molecule has 0 bridgehead atoms. The Hall–Kier alpha value is -2.54. The maximum absolute atomic E-state index is 13.7. The lowest BCUT2D eigenvalue weighted by Crippen LogP contribution is -2.14. The van der Waals surface area contributed by atoms with E-state index in [0.717, 1.165) is 22.7 Å². The molecule has 0 saturated carbocycles. The monoisotopic (exact) mass is 392 g/mol. The standard InChI is InChI=1S/C17H11BrF2N2O2/c1-9-15(16(22-24-9)10-3-2-4-11(18)7-10)17(23)21-14-8-12(19)5-6-13(14)20/h2-8H,1H3,(H,21,23). The summed E-state index contributed by atoms with van der Waals surface area (Å²) in [6, 6.07) is 9.99. The summed E-state index contributed by atoms with van der Waals surface area (Å²) in [6.45, 7) is 1.57. The number of nitrogens with one attached hydrogen (secondary N) is 1. The highest BCUT2D eigenvalue weighted by molar-refractivity contribution is 9.10. The summed E-state index contributed by atoms with van der Waals surface area (Å²) in [5, 5.41) is 6.26. The number of benzene rings is 2. The first-order valence-corrected chi connectivity index (χ1v) is 7.73. The van der Waals surface area contributed by atoms with E-state index in [-0.39, 0.29) is 17.0 Å². The third-order valence-corrected chi connectivity index (χ3v) is 3.86. The van der Waals surface area contributed by atoms with Gasteiger partial charge >= 0.3 is 0 Å². The highest BCUT2D eigenvalue weighted by Gasteiger charge is 2.22. The molecule has 24 heavy (non-hydrogen) atoms. The first-order chi connectivity index (χ1) is 11.5. The number of hydrogen-bond acceptors (Lipinski definition) is 3. The van der Waals surface area contributed by atoms with E-state index in [1.165, 1.54) is 0 Å². The molecule has 0 aliphatic rings. The second-order valence-electron chi connectivity index (χ2n) is 5.05. The Kier molecular flexibility index (Phi) is 4.44. The zero-order valence-electron chi connectivity index (χ0n) is 12.4. The maximum atomic E-state index is 13.7. The molecular formula is C17H11BrF2N2O2. The fourth-order valence-electron chi connectivity index (χ4n) is 2.25. The van der Waals surface area contributed by atoms with Crippen LogP contribution in [-0.2, 0) is 0 Å². The number of hydrogen-bond donors (Lipinski definition) is 1. The normalized spacial score (nSPS) is 10.7. The summed E-state index contributed by atoms with van der Waals surface area (Å²) >= 11 is 3.35. The topological polar surface area (TPSA) is 55.1 Å². The lowest BCUT2D eigenvalue weighted by atomic mass is 10.1. The highest BCUT2D eigenvalue weighted by atomic mass is 79.9. The van der Waals surface area contributed by atoms with Gasteiger partial charge in [-0.05, 0) is 31.2 Å². The first-order valence-electron chi connectivity index (χ1n) is 6.94. The molecule has 1 amide bonds. The molecule has 2 aromatic carbocycles. The molecule has 0 aliphatic heterocycles. The van der Waals surface area contributed by atoms with Crippen LogP contribution >= 0.6 is 15.9 Å². The number of aromatic nitrogens is 1. The fourth-order valence-corrected chi connectivity index (χ4v) is 2.65. The molecule has 1 aromatic heterocycles. The van der Waals surface area contributed by atoms with Gasteiger partial charge in [0.05, 0.1) is 5.69 Å². The van der Waals surface area contributed by atoms with Gasteiger partial charge in [0.1, 0.15) is 28.7 Å². The molecule has 1 heterocycles. The summed E-state index contributed by atoms with van der Waals surface area (Å²) in [4.78, 5) is 12.5. The Morgan fingerprint density at radius 3 is 2.75 bits per heavy atom. The van der Waals surface area contributed by atoms with Gasteiger partial charge in [0.15, 0.2) is 0 Å². The number of rotatable bonds is 3. The minimum Gasteiger partial charge on any atom is -0.360 e. The van der Waals surface area contributed by atoms with Gasteiger partial charge in [-0.1, -0.05) is 33.2 Å². The van der Waals surface area contributed by atoms with Gasteiger partial charge in [0.25, 0.3) is 5.91 Å². The van der Waals surface area contributed by atoms with Crippen LogP contribution in [-0.4, -0.2) is 11.1 Å². The molecule has 1 N–H and O–H groups in total. The predicted molar refractivity (Wildman–Crippen MR) is 88.7 cm³/mol. The lowest BCUT2D eigenvalue weighted by Gasteiger charge is -2.07. The van der Waals surface area contributed by atoms with E-state index >= 15 is 0 Å². The molecule has 3 rings (SSSR count). The van der Waals surface area contributed by atoms with Crippen molar-refractivity contribution in [2.75, 3.05) is 5.32 Å². The highest BCUT2D eigenvalue weighted by Crippen LogP contribution is 2.28. The van der Waals surface area contributed by atoms with Gasteiger partial charge in [0, 0.05) is 16.1 Å². The van der Waals surface area contributed by atoms with Crippen molar-refractivity contribution in [3.05, 3.63) is 69.9 Å². The number of aryl methyl sites for hydroxylation is 1. The van der Waals surface area contributed by atoms with Gasteiger partial charge < -0.3 is 9.84 Å². The Bertz CT molecular complexity index is 925. The van der Waals surface area contributed by atoms with Crippen molar-refractivity contribution in [1.29, 1.82) is 0 Å². The quantitative estimate of drug-likeness (QED) is 0.686. The summed E-state index contributed by atoms with van der Waals surface area (Å²) in [6.07, 6.45) is 0. The average molecular weight is 393 g/mol. The molecular weight excluding hydrogens is 382 g/mol. The zero-order chi connectivity index (χ0) is 17.3. The van der Waals surface area contributed by atoms with Gasteiger partial charge in [-0.2, -0.15) is 0 Å². The van der Waals surface area contributed by atoms with Gasteiger partial charge in [-0.15, -0.1) is 0 Å². The number of nitrogens with zero attached hydrogens (tertiary/aromatic N) is 1. The van der Waals surface area contributed by atoms with E-state index in [2.05, 4.69) is 26.4 Å². The number of carbonyl (C=O) groups excluding carboxylic acids is 1. The number of halogens is 3. The van der Waals surface area contributed by atoms with Crippen LogP contribution < -0.4 is 5.32 Å². The van der Waals surface area contributed by atoms with Crippen molar-refractivity contribution < 1.29 is 18.1 Å². The molecule has 4 nitrogen and oxygen atoms in total. The molecule has 7 heteroatoms. The van der Waals surface area contributed by atoms with Gasteiger partial charge in [-0.3, -0.25) is 4.79 Å². The minimum atomic E-state index is -0.733. The Morgan fingerprint density at radius 1 is 1.21 bits per heavy atom. The molecule has 0 unspecified atom stereocenters. The van der Waals surface area contributed by atoms with Crippen LogP contribution in [0.15, 0.2) is 51.5 Å². The summed E-state index contributed by atoms with van der Waals surface area (Å²) in [5.74, 6) is -1.74. The van der Waals surface area contributed by atoms with Crippen molar-refractivity contribution in [2.45, 2.75) is 6.92 Å². The van der Waals surface area contributed by atoms with Crippen molar-refractivity contribution in [3.63, 3.8) is 0 Å². The largest absolute Gasteiger partial charge is 0.360 e. The van der Waals surface area contributed by atoms with Gasteiger partial charge in [0.2, 0.25) is 0 Å². The van der Waals surface area contributed by atoms with Crippen LogP contribution in [0.1, 0.15) is 16.1 Å². The third-order valence-electron chi connectivity index (χ3n) is 3.36. The molecule has 0 spiro atoms. The van der Waals surface area contributed by atoms with Crippen molar-refractivity contribution in [2.24, 2.45) is 0 Å². The van der Waals surface area contributed by atoms with E-state index < -0.39 is 17.5 Å². The fraction of sp³-hybridized carbons (Fsp3) is 0.0588. The van der Waals surface area contributed by atoms with Crippen LogP contribution in [0.2, 0.25) is 0 Å². The van der Waals surface area contributed by atoms with Crippen molar-refractivity contribution in [3.8, 4) is 11.3 Å². The van der Waals surface area contributed by atoms with Crippen LogP contribution in [0.5, 0.6) is 0 Å². The number of anilines is 1. The summed E-state index contributed by atoms with van der Waals surface area (Å²) in [7, 11) is 0. The van der Waals surface area contributed by atoms with Crippen LogP contribution in [0.3, 0.4) is 0 Å². The third kappa shape index (κ3) is 3.21. The smallest absolute Gasteiger partial charge is 0.261 e. The van der Waals surface area contributed by atoms with E-state index in [0.29, 0.717) is 11.3 Å². The second kappa shape index (κ2) is 6.52. The predicted octanol–water partition coefficient (Wildman–Crippen LogP) is 4.94. The molecule has 3 aromatic rings. The minimum absolute atomic E-state index is 0.164. The van der Waals surface area contributed by atoms with E-state index in [9.17, 15) is 13.6 Å². The molecule has 0 aliphatic carbocycles. The van der Waals surface area contributed by atoms with E-state index in [4.69, 9.17) is 4.52 Å². The SMILES string of the molecule is Cc1onc(-c2cccc(Br)c2)c1C(=O)Nc1cc(F)ccc1F. The van der Waals surface area contributed by atoms with Crippen molar-refractivity contribution >= 4 is 27.5 Å². The lowest BCUT2D eigenvalue weighted by molar-refractivity contribution is 0.102. The Balaban J connectivity index is 1.99. The van der Waals surface area contributed by atoms with E-state index in [1.54, 1.807) is 25.1 Å². The summed E-state index contributed by atoms with van der Waals surface area (Å²) < 4.78 is 32.9. The van der Waals surface area contributed by atoms with Crippen LogP contribution in [0.25, 0.3) is 11.3 Å². The molecule has 0 fully saturated rings. The van der Waals surface area contributed by atoms with Crippen LogP contribution in [0, 0.1) is 18.6 Å². The second-order valence-corrected chi connectivity index (χ2v) is 5.97. The van der Waals surface area contributed by atoms with E-state index in [1.807, 2.05) is 6.07 Å². The Labute approximate surface area is 144 Å².